The smallest absolute Gasteiger partial charge is 0.240 e. The topological polar surface area (TPSA) is 94.3 Å². The van der Waals surface area contributed by atoms with Gasteiger partial charge in [0.1, 0.15) is 5.75 Å². The molecule has 0 aliphatic carbocycles. The van der Waals surface area contributed by atoms with E-state index in [4.69, 9.17) is 0 Å². The van der Waals surface area contributed by atoms with Crippen molar-refractivity contribution in [2.75, 3.05) is 0 Å². The van der Waals surface area contributed by atoms with Crippen LogP contribution < -0.4 is 0 Å². The van der Waals surface area contributed by atoms with Crippen LogP contribution in [0.25, 0.3) is 28.0 Å². The van der Waals surface area contributed by atoms with E-state index in [1.165, 1.54) is 0 Å². The second kappa shape index (κ2) is 6.35. The molecule has 0 radical (unpaired) electrons. The highest BCUT2D eigenvalue weighted by Gasteiger charge is 2.26. The Bertz CT molecular complexity index is 1160. The van der Waals surface area contributed by atoms with Gasteiger partial charge in [-0.25, -0.2) is 4.98 Å². The molecule has 0 atom stereocenters. The van der Waals surface area contributed by atoms with Gasteiger partial charge in [0.15, 0.2) is 5.75 Å². The molecule has 4 N–H and O–H groups in total. The summed E-state index contributed by atoms with van der Waals surface area (Å²) in [6, 6.07) is 10.7. The third kappa shape index (κ3) is 2.75. The van der Waals surface area contributed by atoms with Gasteiger partial charge in [-0.15, -0.1) is 0 Å². The van der Waals surface area contributed by atoms with E-state index >= 15 is 0 Å². The molecule has 27 heavy (non-hydrogen) atoms. The van der Waals surface area contributed by atoms with Crippen LogP contribution in [0.2, 0.25) is 0 Å². The van der Waals surface area contributed by atoms with Crippen LogP contribution in [0.15, 0.2) is 47.2 Å². The lowest BCUT2D eigenvalue weighted by atomic mass is 9.98. The average molecular weight is 428 g/mol. The summed E-state index contributed by atoms with van der Waals surface area (Å²) < 4.78 is 2.15. The van der Waals surface area contributed by atoms with Crippen molar-refractivity contribution in [1.82, 2.24) is 14.5 Å². The highest BCUT2D eigenvalue weighted by molar-refractivity contribution is 9.10. The van der Waals surface area contributed by atoms with Gasteiger partial charge in [0.2, 0.25) is 5.88 Å². The van der Waals surface area contributed by atoms with Crippen molar-refractivity contribution >= 4 is 27.0 Å². The Labute approximate surface area is 163 Å². The Morgan fingerprint density at radius 1 is 1.07 bits per heavy atom. The molecule has 4 aromatic rings. The van der Waals surface area contributed by atoms with Gasteiger partial charge in [-0.1, -0.05) is 13.8 Å². The fourth-order valence-electron chi connectivity index (χ4n) is 3.36. The maximum Gasteiger partial charge on any atom is 0.240 e. The number of phenols is 1. The normalized spacial score (nSPS) is 11.6. The number of rotatable bonds is 3. The van der Waals surface area contributed by atoms with Crippen LogP contribution >= 0.6 is 15.9 Å². The summed E-state index contributed by atoms with van der Waals surface area (Å²) in [7, 11) is 0. The maximum absolute atomic E-state index is 10.7. The van der Waals surface area contributed by atoms with Crippen LogP contribution in [0, 0.1) is 0 Å². The van der Waals surface area contributed by atoms with Gasteiger partial charge in [0.25, 0.3) is 0 Å². The van der Waals surface area contributed by atoms with E-state index in [1.54, 1.807) is 29.1 Å². The van der Waals surface area contributed by atoms with Crippen LogP contribution in [-0.2, 0) is 0 Å². The van der Waals surface area contributed by atoms with E-state index in [9.17, 15) is 15.3 Å². The first-order chi connectivity index (χ1) is 12.9. The van der Waals surface area contributed by atoms with Gasteiger partial charge in [0, 0.05) is 11.1 Å². The molecule has 7 heteroatoms. The first-order valence-electron chi connectivity index (χ1n) is 8.47. The summed E-state index contributed by atoms with van der Waals surface area (Å²) in [5.74, 6) is -0.281. The summed E-state index contributed by atoms with van der Waals surface area (Å²) in [5.41, 5.74) is 4.38. The van der Waals surface area contributed by atoms with Crippen LogP contribution in [0.5, 0.6) is 17.4 Å². The number of imidazole rings is 1. The van der Waals surface area contributed by atoms with E-state index in [0.29, 0.717) is 21.4 Å². The van der Waals surface area contributed by atoms with Crippen molar-refractivity contribution in [3.63, 3.8) is 0 Å². The Balaban J connectivity index is 2.06. The molecule has 0 unspecified atom stereocenters. The fraction of sp³-hybridized carbons (Fsp3) is 0.150. The van der Waals surface area contributed by atoms with Crippen molar-refractivity contribution in [2.45, 2.75) is 19.8 Å². The first kappa shape index (κ1) is 17.5. The van der Waals surface area contributed by atoms with Gasteiger partial charge >= 0.3 is 0 Å². The predicted octanol–water partition coefficient (Wildman–Crippen LogP) is 5.02. The van der Waals surface area contributed by atoms with Crippen molar-refractivity contribution in [3.05, 3.63) is 52.8 Å². The summed E-state index contributed by atoms with van der Waals surface area (Å²) in [4.78, 5) is 7.28. The SMILES string of the molecule is CC(C)c1c(O)c(O)n(-c2ccc3nc[nH]c3c2)c1-c1ccc(O)c(Br)c1. The summed E-state index contributed by atoms with van der Waals surface area (Å²) in [5, 5.41) is 31.2. The molecule has 2 aromatic heterocycles. The van der Waals surface area contributed by atoms with E-state index in [1.807, 2.05) is 32.0 Å². The average Bonchev–Trinajstić information content (AvgIpc) is 3.20. The fourth-order valence-corrected chi connectivity index (χ4v) is 3.74. The lowest BCUT2D eigenvalue weighted by Gasteiger charge is -2.14. The van der Waals surface area contributed by atoms with Gasteiger partial charge in [-0.3, -0.25) is 4.57 Å². The lowest BCUT2D eigenvalue weighted by Crippen LogP contribution is -1.99. The predicted molar refractivity (Wildman–Crippen MR) is 108 cm³/mol. The van der Waals surface area contributed by atoms with Crippen molar-refractivity contribution < 1.29 is 15.3 Å². The molecule has 0 aliphatic rings. The maximum atomic E-state index is 10.7. The van der Waals surface area contributed by atoms with Crippen LogP contribution in [0.4, 0.5) is 0 Å². The first-order valence-corrected chi connectivity index (χ1v) is 9.26. The minimum absolute atomic E-state index is 0.0318. The Hall–Kier alpha value is -2.93. The Morgan fingerprint density at radius 3 is 2.56 bits per heavy atom. The van der Waals surface area contributed by atoms with Crippen molar-refractivity contribution in [3.8, 4) is 34.3 Å². The molecule has 2 heterocycles. The number of phenolic OH excluding ortho intramolecular Hbond substituents is 1. The van der Waals surface area contributed by atoms with E-state index in [-0.39, 0.29) is 23.3 Å². The van der Waals surface area contributed by atoms with Crippen LogP contribution in [0.3, 0.4) is 0 Å². The number of nitrogens with zero attached hydrogens (tertiary/aromatic N) is 2. The third-order valence-corrected chi connectivity index (χ3v) is 5.25. The number of hydrogen-bond donors (Lipinski definition) is 4. The molecule has 0 fully saturated rings. The standard InChI is InChI=1S/C20H18BrN3O3/c1-10(2)17-18(11-3-6-16(25)13(21)7-11)24(20(27)19(17)26)12-4-5-14-15(8-12)23-9-22-14/h3-10,25-27H,1-2H3,(H,22,23). The number of aromatic hydroxyl groups is 3. The number of aromatic nitrogens is 3. The van der Waals surface area contributed by atoms with Gasteiger partial charge < -0.3 is 20.3 Å². The summed E-state index contributed by atoms with van der Waals surface area (Å²) >= 11 is 3.34. The minimum Gasteiger partial charge on any atom is -0.507 e. The number of halogens is 1. The highest BCUT2D eigenvalue weighted by atomic mass is 79.9. The Kier molecular flexibility index (Phi) is 4.11. The summed E-state index contributed by atoms with van der Waals surface area (Å²) in [6.07, 6.45) is 1.61. The molecule has 0 saturated heterocycles. The molecule has 0 saturated carbocycles. The van der Waals surface area contributed by atoms with E-state index in [2.05, 4.69) is 25.9 Å². The zero-order chi connectivity index (χ0) is 19.3. The molecule has 0 aliphatic heterocycles. The van der Waals surface area contributed by atoms with Crippen LogP contribution in [-0.4, -0.2) is 29.9 Å². The molecular formula is C20H18BrN3O3. The largest absolute Gasteiger partial charge is 0.507 e. The number of fused-ring (bicyclic) bond motifs is 1. The monoisotopic (exact) mass is 427 g/mol. The van der Waals surface area contributed by atoms with E-state index < -0.39 is 0 Å². The molecule has 4 rings (SSSR count). The molecular weight excluding hydrogens is 410 g/mol. The molecule has 2 aromatic carbocycles. The van der Waals surface area contributed by atoms with Gasteiger partial charge in [0.05, 0.1) is 33.2 Å². The molecule has 0 spiro atoms. The zero-order valence-electron chi connectivity index (χ0n) is 14.7. The number of nitrogens with one attached hydrogen (secondary N) is 1. The molecule has 138 valence electrons. The second-order valence-electron chi connectivity index (χ2n) is 6.69. The molecule has 0 amide bonds. The highest BCUT2D eigenvalue weighted by Crippen LogP contribution is 2.47. The summed E-state index contributed by atoms with van der Waals surface area (Å²) in [6.45, 7) is 3.91. The second-order valence-corrected chi connectivity index (χ2v) is 7.55. The number of benzene rings is 2. The quantitative estimate of drug-likeness (QED) is 0.369. The minimum atomic E-state index is -0.225. The third-order valence-electron chi connectivity index (χ3n) is 4.62. The van der Waals surface area contributed by atoms with Crippen molar-refractivity contribution in [2.24, 2.45) is 0 Å². The molecule has 0 bridgehead atoms. The number of hydrogen-bond acceptors (Lipinski definition) is 4. The number of aromatic amines is 1. The zero-order valence-corrected chi connectivity index (χ0v) is 16.3. The van der Waals surface area contributed by atoms with Gasteiger partial charge in [-0.05, 0) is 58.2 Å². The molecule has 6 nitrogen and oxygen atoms in total. The van der Waals surface area contributed by atoms with E-state index in [0.717, 1.165) is 16.6 Å². The number of H-pyrrole nitrogens is 1. The van der Waals surface area contributed by atoms with Crippen molar-refractivity contribution in [1.29, 1.82) is 0 Å². The van der Waals surface area contributed by atoms with Crippen LogP contribution in [0.1, 0.15) is 25.3 Å². The van der Waals surface area contributed by atoms with Gasteiger partial charge in [-0.2, -0.15) is 0 Å². The Morgan fingerprint density at radius 2 is 1.85 bits per heavy atom. The lowest BCUT2D eigenvalue weighted by molar-refractivity contribution is 0.384.